The maximum absolute atomic E-state index is 13.6. The Morgan fingerprint density at radius 1 is 1.06 bits per heavy atom. The molecule has 1 spiro atoms. The molecule has 0 aromatic rings. The summed E-state index contributed by atoms with van der Waals surface area (Å²) in [5.41, 5.74) is 5.64. The van der Waals surface area contributed by atoms with E-state index in [1.807, 2.05) is 0 Å². The molecule has 0 aromatic heterocycles. The SMILES string of the molecule is CC(C)(C)N1CCC2(CC1)CCC(F)(F)[C@@H]2N. The third-order valence-corrected chi connectivity index (χ3v) is 4.78. The van der Waals surface area contributed by atoms with Gasteiger partial charge in [0.05, 0.1) is 6.04 Å². The summed E-state index contributed by atoms with van der Waals surface area (Å²) in [4.78, 5) is 2.38. The van der Waals surface area contributed by atoms with Gasteiger partial charge in [0.2, 0.25) is 0 Å². The minimum Gasteiger partial charge on any atom is -0.322 e. The Morgan fingerprint density at radius 3 is 1.94 bits per heavy atom. The van der Waals surface area contributed by atoms with Gasteiger partial charge in [0.25, 0.3) is 5.92 Å². The third-order valence-electron chi connectivity index (χ3n) is 4.78. The second-order valence-corrected chi connectivity index (χ2v) is 6.76. The lowest BCUT2D eigenvalue weighted by molar-refractivity contribution is -0.0410. The molecule has 1 heterocycles. The van der Waals surface area contributed by atoms with E-state index >= 15 is 0 Å². The number of likely N-dealkylation sites (tertiary alicyclic amines) is 1. The maximum atomic E-state index is 13.6. The summed E-state index contributed by atoms with van der Waals surface area (Å²) in [5, 5.41) is 0. The molecule has 0 aromatic carbocycles. The number of rotatable bonds is 0. The van der Waals surface area contributed by atoms with Crippen LogP contribution in [0.1, 0.15) is 46.5 Å². The summed E-state index contributed by atoms with van der Waals surface area (Å²) in [6.07, 6.45) is 2.21. The Labute approximate surface area is 103 Å². The smallest absolute Gasteiger partial charge is 0.263 e. The molecule has 2 fully saturated rings. The maximum Gasteiger partial charge on any atom is 0.263 e. The van der Waals surface area contributed by atoms with Gasteiger partial charge >= 0.3 is 0 Å². The van der Waals surface area contributed by atoms with E-state index in [4.69, 9.17) is 5.73 Å². The zero-order chi connectivity index (χ0) is 12.9. The van der Waals surface area contributed by atoms with Crippen molar-refractivity contribution in [2.24, 2.45) is 11.1 Å². The predicted octanol–water partition coefficient (Wildman–Crippen LogP) is 2.62. The normalized spacial score (nSPS) is 33.2. The molecule has 2 aliphatic rings. The number of nitrogens with zero attached hydrogens (tertiary/aromatic N) is 1. The Morgan fingerprint density at radius 2 is 1.59 bits per heavy atom. The summed E-state index contributed by atoms with van der Waals surface area (Å²) in [6.45, 7) is 8.32. The highest BCUT2D eigenvalue weighted by Crippen LogP contribution is 2.52. The lowest BCUT2D eigenvalue weighted by atomic mass is 9.73. The van der Waals surface area contributed by atoms with Crippen molar-refractivity contribution in [1.29, 1.82) is 0 Å². The highest BCUT2D eigenvalue weighted by atomic mass is 19.3. The van der Waals surface area contributed by atoms with Gasteiger partial charge in [-0.2, -0.15) is 0 Å². The van der Waals surface area contributed by atoms with Crippen LogP contribution in [0.2, 0.25) is 0 Å². The summed E-state index contributed by atoms with van der Waals surface area (Å²) in [5.74, 6) is -2.65. The average Bonchev–Trinajstić information content (AvgIpc) is 2.44. The molecule has 0 amide bonds. The van der Waals surface area contributed by atoms with Crippen molar-refractivity contribution >= 4 is 0 Å². The Kier molecular flexibility index (Phi) is 3.02. The van der Waals surface area contributed by atoms with E-state index in [2.05, 4.69) is 25.7 Å². The second-order valence-electron chi connectivity index (χ2n) is 6.76. The van der Waals surface area contributed by atoms with E-state index in [0.717, 1.165) is 25.9 Å². The number of alkyl halides is 2. The Bertz CT molecular complexity index is 288. The molecule has 1 saturated carbocycles. The van der Waals surface area contributed by atoms with Crippen molar-refractivity contribution in [2.75, 3.05) is 13.1 Å². The monoisotopic (exact) mass is 246 g/mol. The van der Waals surface area contributed by atoms with E-state index in [1.165, 1.54) is 0 Å². The van der Waals surface area contributed by atoms with E-state index in [9.17, 15) is 8.78 Å². The van der Waals surface area contributed by atoms with Crippen molar-refractivity contribution in [3.05, 3.63) is 0 Å². The van der Waals surface area contributed by atoms with Gasteiger partial charge < -0.3 is 5.73 Å². The first kappa shape index (κ1) is 13.2. The second kappa shape index (κ2) is 3.89. The minimum absolute atomic E-state index is 0.0241. The van der Waals surface area contributed by atoms with Crippen LogP contribution in [0.4, 0.5) is 8.78 Å². The fourth-order valence-electron chi connectivity index (χ4n) is 3.36. The van der Waals surface area contributed by atoms with Gasteiger partial charge in [0.15, 0.2) is 0 Å². The first-order valence-corrected chi connectivity index (χ1v) is 6.56. The molecule has 1 aliphatic carbocycles. The molecule has 0 unspecified atom stereocenters. The minimum atomic E-state index is -2.65. The lowest BCUT2D eigenvalue weighted by Crippen LogP contribution is -2.55. The zero-order valence-corrected chi connectivity index (χ0v) is 11.1. The quantitative estimate of drug-likeness (QED) is 0.712. The fourth-order valence-corrected chi connectivity index (χ4v) is 3.36. The average molecular weight is 246 g/mol. The summed E-state index contributed by atoms with van der Waals surface area (Å²) < 4.78 is 27.1. The molecule has 1 atom stereocenters. The van der Waals surface area contributed by atoms with E-state index in [-0.39, 0.29) is 17.4 Å². The van der Waals surface area contributed by atoms with Gasteiger partial charge in [-0.1, -0.05) is 0 Å². The molecular formula is C13H24F2N2. The number of hydrogen-bond donors (Lipinski definition) is 1. The standard InChI is InChI=1S/C13H24F2N2/c1-11(2,3)17-8-6-12(7-9-17)4-5-13(14,15)10(12)16/h10H,4-9,16H2,1-3H3/t10-/m1/s1. The highest BCUT2D eigenvalue weighted by molar-refractivity contribution is 5.06. The third kappa shape index (κ3) is 2.22. The molecular weight excluding hydrogens is 222 g/mol. The van der Waals surface area contributed by atoms with E-state index in [0.29, 0.717) is 6.42 Å². The lowest BCUT2D eigenvalue weighted by Gasteiger charge is -2.47. The van der Waals surface area contributed by atoms with Gasteiger partial charge in [-0.3, -0.25) is 4.90 Å². The largest absolute Gasteiger partial charge is 0.322 e. The topological polar surface area (TPSA) is 29.3 Å². The molecule has 2 rings (SSSR count). The first-order valence-electron chi connectivity index (χ1n) is 6.56. The fraction of sp³-hybridized carbons (Fsp3) is 1.00. The van der Waals surface area contributed by atoms with Gasteiger partial charge in [-0.05, 0) is 58.5 Å². The van der Waals surface area contributed by atoms with Gasteiger partial charge in [-0.15, -0.1) is 0 Å². The van der Waals surface area contributed by atoms with Crippen molar-refractivity contribution in [3.63, 3.8) is 0 Å². The van der Waals surface area contributed by atoms with Crippen molar-refractivity contribution in [3.8, 4) is 0 Å². The molecule has 1 saturated heterocycles. The molecule has 0 radical (unpaired) electrons. The van der Waals surface area contributed by atoms with Crippen LogP contribution < -0.4 is 5.73 Å². The summed E-state index contributed by atoms with van der Waals surface area (Å²) >= 11 is 0. The van der Waals surface area contributed by atoms with Crippen LogP contribution in [-0.4, -0.2) is 35.5 Å². The molecule has 2 N–H and O–H groups in total. The number of nitrogens with two attached hydrogens (primary N) is 1. The molecule has 100 valence electrons. The number of piperidine rings is 1. The molecule has 1 aliphatic heterocycles. The van der Waals surface area contributed by atoms with Crippen LogP contribution in [0.3, 0.4) is 0 Å². The molecule has 2 nitrogen and oxygen atoms in total. The summed E-state index contributed by atoms with van der Waals surface area (Å²) in [6, 6.07) is -0.933. The van der Waals surface area contributed by atoms with Gasteiger partial charge in [0.1, 0.15) is 0 Å². The van der Waals surface area contributed by atoms with Crippen LogP contribution in [0.15, 0.2) is 0 Å². The van der Waals surface area contributed by atoms with Crippen LogP contribution in [0.5, 0.6) is 0 Å². The Hall–Kier alpha value is -0.220. The zero-order valence-electron chi connectivity index (χ0n) is 11.1. The predicted molar refractivity (Wildman–Crippen MR) is 65.1 cm³/mol. The number of hydrogen-bond acceptors (Lipinski definition) is 2. The van der Waals surface area contributed by atoms with Gasteiger partial charge in [-0.25, -0.2) is 8.78 Å². The van der Waals surface area contributed by atoms with Crippen molar-refractivity contribution < 1.29 is 8.78 Å². The van der Waals surface area contributed by atoms with Crippen LogP contribution in [-0.2, 0) is 0 Å². The highest BCUT2D eigenvalue weighted by Gasteiger charge is 2.57. The van der Waals surface area contributed by atoms with E-state index < -0.39 is 12.0 Å². The number of halogens is 2. The van der Waals surface area contributed by atoms with Crippen LogP contribution in [0.25, 0.3) is 0 Å². The molecule has 17 heavy (non-hydrogen) atoms. The van der Waals surface area contributed by atoms with E-state index in [1.54, 1.807) is 0 Å². The van der Waals surface area contributed by atoms with Crippen molar-refractivity contribution in [1.82, 2.24) is 4.90 Å². The summed E-state index contributed by atoms with van der Waals surface area (Å²) in [7, 11) is 0. The van der Waals surface area contributed by atoms with Crippen LogP contribution >= 0.6 is 0 Å². The van der Waals surface area contributed by atoms with Crippen LogP contribution in [0, 0.1) is 5.41 Å². The van der Waals surface area contributed by atoms with Crippen molar-refractivity contribution in [2.45, 2.75) is 64.0 Å². The Balaban J connectivity index is 2.04. The molecule has 0 bridgehead atoms. The van der Waals surface area contributed by atoms with Gasteiger partial charge in [0, 0.05) is 12.0 Å². The first-order chi connectivity index (χ1) is 7.67. The molecule has 4 heteroatoms.